The van der Waals surface area contributed by atoms with Crippen molar-refractivity contribution >= 4 is 34.7 Å². The Balaban J connectivity index is 1.75. The van der Waals surface area contributed by atoms with Crippen LogP contribution in [0.25, 0.3) is 5.57 Å². The molecule has 0 N–H and O–H groups in total. The Bertz CT molecular complexity index is 1030. The minimum Gasteiger partial charge on any atom is -0.494 e. The SMILES string of the molecule is CCCOc1ccc(C2=C(N3CCOCC3)C(=O)N(c3ccc(C)c(Cl)c3)C2=O)cc1. The molecule has 0 unspecified atom stereocenters. The Kier molecular flexibility index (Phi) is 6.30. The van der Waals surface area contributed by atoms with Crippen LogP contribution in [-0.4, -0.2) is 49.6 Å². The second-order valence-electron chi connectivity index (χ2n) is 7.58. The summed E-state index contributed by atoms with van der Waals surface area (Å²) in [5.74, 6) is 0.0415. The standard InChI is InChI=1S/C24H25ClN2O4/c1-3-12-31-19-8-5-17(6-9-19)21-22(26-10-13-30-14-11-26)24(29)27(23(21)28)18-7-4-16(2)20(25)15-18/h4-9,15H,3,10-14H2,1-2H3. The highest BCUT2D eigenvalue weighted by Gasteiger charge is 2.42. The maximum atomic E-state index is 13.5. The number of carbonyl (C=O) groups is 2. The summed E-state index contributed by atoms with van der Waals surface area (Å²) in [5.41, 5.74) is 2.84. The molecular weight excluding hydrogens is 416 g/mol. The van der Waals surface area contributed by atoms with Crippen molar-refractivity contribution in [3.63, 3.8) is 0 Å². The smallest absolute Gasteiger partial charge is 0.282 e. The molecule has 0 aliphatic carbocycles. The van der Waals surface area contributed by atoms with Crippen LogP contribution in [0.15, 0.2) is 48.2 Å². The molecule has 1 fully saturated rings. The largest absolute Gasteiger partial charge is 0.494 e. The van der Waals surface area contributed by atoms with Gasteiger partial charge in [-0.3, -0.25) is 9.59 Å². The monoisotopic (exact) mass is 440 g/mol. The number of nitrogens with zero attached hydrogens (tertiary/aromatic N) is 2. The number of ether oxygens (including phenoxy) is 2. The second kappa shape index (κ2) is 9.12. The molecule has 0 aromatic heterocycles. The number of rotatable bonds is 6. The van der Waals surface area contributed by atoms with E-state index in [9.17, 15) is 9.59 Å². The molecule has 1 saturated heterocycles. The summed E-state index contributed by atoms with van der Waals surface area (Å²) in [6.07, 6.45) is 0.912. The fourth-order valence-corrected chi connectivity index (χ4v) is 3.93. The van der Waals surface area contributed by atoms with Crippen molar-refractivity contribution in [2.45, 2.75) is 20.3 Å². The molecule has 2 aromatic carbocycles. The molecule has 6 nitrogen and oxygen atoms in total. The molecule has 2 aromatic rings. The highest BCUT2D eigenvalue weighted by atomic mass is 35.5. The van der Waals surface area contributed by atoms with Crippen LogP contribution in [0, 0.1) is 6.92 Å². The molecule has 162 valence electrons. The van der Waals surface area contributed by atoms with Crippen LogP contribution in [0.4, 0.5) is 5.69 Å². The number of benzene rings is 2. The molecular formula is C24H25ClN2O4. The maximum absolute atomic E-state index is 13.5. The lowest BCUT2D eigenvalue weighted by atomic mass is 10.0. The zero-order valence-electron chi connectivity index (χ0n) is 17.7. The van der Waals surface area contributed by atoms with E-state index < -0.39 is 0 Å². The molecule has 0 bridgehead atoms. The van der Waals surface area contributed by atoms with Crippen LogP contribution in [0.1, 0.15) is 24.5 Å². The van der Waals surface area contributed by atoms with Crippen molar-refractivity contribution in [1.82, 2.24) is 4.90 Å². The van der Waals surface area contributed by atoms with Gasteiger partial charge in [0.2, 0.25) is 0 Å². The van der Waals surface area contributed by atoms with Crippen molar-refractivity contribution < 1.29 is 19.1 Å². The number of carbonyl (C=O) groups excluding carboxylic acids is 2. The zero-order chi connectivity index (χ0) is 22.0. The molecule has 2 amide bonds. The summed E-state index contributed by atoms with van der Waals surface area (Å²) >= 11 is 6.28. The first-order chi connectivity index (χ1) is 15.0. The predicted octanol–water partition coefficient (Wildman–Crippen LogP) is 4.05. The van der Waals surface area contributed by atoms with Gasteiger partial charge in [0.15, 0.2) is 0 Å². The van der Waals surface area contributed by atoms with E-state index in [1.165, 1.54) is 4.90 Å². The van der Waals surface area contributed by atoms with Gasteiger partial charge in [-0.05, 0) is 48.7 Å². The number of aryl methyl sites for hydroxylation is 1. The Morgan fingerprint density at radius 1 is 1.03 bits per heavy atom. The molecule has 2 aliphatic heterocycles. The number of amides is 2. The fraction of sp³-hybridized carbons (Fsp3) is 0.333. The minimum absolute atomic E-state index is 0.340. The van der Waals surface area contributed by atoms with Crippen molar-refractivity contribution in [2.75, 3.05) is 37.8 Å². The van der Waals surface area contributed by atoms with Crippen LogP contribution < -0.4 is 9.64 Å². The third kappa shape index (κ3) is 4.18. The number of hydrogen-bond donors (Lipinski definition) is 0. The lowest BCUT2D eigenvalue weighted by molar-refractivity contribution is -0.121. The molecule has 0 saturated carbocycles. The van der Waals surface area contributed by atoms with E-state index >= 15 is 0 Å². The highest BCUT2D eigenvalue weighted by Crippen LogP contribution is 2.36. The molecule has 0 radical (unpaired) electrons. The lowest BCUT2D eigenvalue weighted by Crippen LogP contribution is -2.40. The molecule has 2 heterocycles. The quantitative estimate of drug-likeness (QED) is 0.634. The molecule has 4 rings (SSSR count). The van der Waals surface area contributed by atoms with Crippen LogP contribution in [0.3, 0.4) is 0 Å². The second-order valence-corrected chi connectivity index (χ2v) is 7.98. The van der Waals surface area contributed by atoms with E-state index in [1.807, 2.05) is 49.1 Å². The first-order valence-corrected chi connectivity index (χ1v) is 10.8. The van der Waals surface area contributed by atoms with Gasteiger partial charge in [-0.15, -0.1) is 0 Å². The predicted molar refractivity (Wildman–Crippen MR) is 120 cm³/mol. The normalized spacial score (nSPS) is 17.0. The van der Waals surface area contributed by atoms with Gasteiger partial charge in [0, 0.05) is 18.1 Å². The number of morpholine rings is 1. The van der Waals surface area contributed by atoms with Crippen molar-refractivity contribution in [2.24, 2.45) is 0 Å². The maximum Gasteiger partial charge on any atom is 0.282 e. The third-order valence-corrected chi connectivity index (χ3v) is 5.82. The van der Waals surface area contributed by atoms with E-state index in [-0.39, 0.29) is 11.8 Å². The van der Waals surface area contributed by atoms with Crippen LogP contribution in [0.2, 0.25) is 5.02 Å². The van der Waals surface area contributed by atoms with Gasteiger partial charge in [-0.2, -0.15) is 0 Å². The Hall–Kier alpha value is -2.83. The van der Waals surface area contributed by atoms with E-state index in [0.717, 1.165) is 17.7 Å². The molecule has 7 heteroatoms. The summed E-state index contributed by atoms with van der Waals surface area (Å²) in [6, 6.07) is 12.5. The van der Waals surface area contributed by atoms with Gasteiger partial charge in [-0.25, -0.2) is 4.90 Å². The van der Waals surface area contributed by atoms with Gasteiger partial charge in [0.1, 0.15) is 11.4 Å². The summed E-state index contributed by atoms with van der Waals surface area (Å²) in [7, 11) is 0. The average Bonchev–Trinajstić information content (AvgIpc) is 3.05. The number of imide groups is 1. The average molecular weight is 441 g/mol. The van der Waals surface area contributed by atoms with Gasteiger partial charge in [0.25, 0.3) is 11.8 Å². The van der Waals surface area contributed by atoms with Gasteiger partial charge < -0.3 is 14.4 Å². The lowest BCUT2D eigenvalue weighted by Gasteiger charge is -2.29. The van der Waals surface area contributed by atoms with E-state index in [4.69, 9.17) is 21.1 Å². The molecule has 31 heavy (non-hydrogen) atoms. The minimum atomic E-state index is -0.353. The number of hydrogen-bond acceptors (Lipinski definition) is 5. The Labute approximate surface area is 187 Å². The Morgan fingerprint density at radius 3 is 2.39 bits per heavy atom. The topological polar surface area (TPSA) is 59.1 Å². The van der Waals surface area contributed by atoms with Crippen molar-refractivity contribution in [1.29, 1.82) is 0 Å². The van der Waals surface area contributed by atoms with Gasteiger partial charge in [-0.1, -0.05) is 36.7 Å². The van der Waals surface area contributed by atoms with E-state index in [2.05, 4.69) is 0 Å². The van der Waals surface area contributed by atoms with E-state index in [1.54, 1.807) is 12.1 Å². The first kappa shape index (κ1) is 21.4. The summed E-state index contributed by atoms with van der Waals surface area (Å²) < 4.78 is 11.1. The Morgan fingerprint density at radius 2 is 1.74 bits per heavy atom. The number of halogens is 1. The molecule has 0 atom stereocenters. The molecule has 2 aliphatic rings. The zero-order valence-corrected chi connectivity index (χ0v) is 18.4. The van der Waals surface area contributed by atoms with Gasteiger partial charge >= 0.3 is 0 Å². The van der Waals surface area contributed by atoms with Crippen molar-refractivity contribution in [3.05, 3.63) is 64.3 Å². The summed E-state index contributed by atoms with van der Waals surface area (Å²) in [4.78, 5) is 30.2. The van der Waals surface area contributed by atoms with E-state index in [0.29, 0.717) is 60.5 Å². The first-order valence-electron chi connectivity index (χ1n) is 10.5. The van der Waals surface area contributed by atoms with Crippen LogP contribution in [-0.2, 0) is 14.3 Å². The van der Waals surface area contributed by atoms with Gasteiger partial charge in [0.05, 0.1) is 31.1 Å². The summed E-state index contributed by atoms with van der Waals surface area (Å²) in [5, 5.41) is 0.511. The highest BCUT2D eigenvalue weighted by molar-refractivity contribution is 6.45. The van der Waals surface area contributed by atoms with Crippen molar-refractivity contribution in [3.8, 4) is 5.75 Å². The van der Waals surface area contributed by atoms with Crippen LogP contribution >= 0.6 is 11.6 Å². The summed E-state index contributed by atoms with van der Waals surface area (Å²) in [6.45, 7) is 6.68. The third-order valence-electron chi connectivity index (χ3n) is 5.42. The fourth-order valence-electron chi connectivity index (χ4n) is 3.75. The van der Waals surface area contributed by atoms with Crippen LogP contribution in [0.5, 0.6) is 5.75 Å². The number of anilines is 1. The molecule has 0 spiro atoms.